The van der Waals surface area contributed by atoms with Gasteiger partial charge in [-0.15, -0.1) is 24.0 Å². The Balaban J connectivity index is 0.00000280. The third-order valence-electron chi connectivity index (χ3n) is 4.15. The molecule has 0 amide bonds. The van der Waals surface area contributed by atoms with Gasteiger partial charge in [0.05, 0.1) is 19.3 Å². The van der Waals surface area contributed by atoms with E-state index < -0.39 is 0 Å². The Morgan fingerprint density at radius 3 is 2.50 bits per heavy atom. The predicted octanol–water partition coefficient (Wildman–Crippen LogP) is 4.14. The van der Waals surface area contributed by atoms with Crippen molar-refractivity contribution in [3.8, 4) is 17.2 Å². The van der Waals surface area contributed by atoms with E-state index in [-0.39, 0.29) is 24.0 Å². The molecule has 148 valence electrons. The van der Waals surface area contributed by atoms with Crippen molar-refractivity contribution in [2.45, 2.75) is 20.0 Å². The Kier molecular flexibility index (Phi) is 8.31. The molecule has 1 heterocycles. The Hall–Kier alpha value is -2.55. The second kappa shape index (κ2) is 10.7. The lowest BCUT2D eigenvalue weighted by atomic mass is 10.1. The monoisotopic (exact) mass is 492 g/mol. The zero-order valence-electron chi connectivity index (χ0n) is 16.2. The average Bonchev–Trinajstić information content (AvgIpc) is 3.18. The lowest BCUT2D eigenvalue weighted by Crippen LogP contribution is -2.36. The van der Waals surface area contributed by atoms with Gasteiger partial charge in [0.25, 0.3) is 0 Å². The molecule has 0 atom stereocenters. The number of aryl methyl sites for hydroxylation is 1. The number of methoxy groups -OCH3 is 1. The number of hydrogen-bond donors (Lipinski definition) is 2. The molecule has 0 bridgehead atoms. The van der Waals surface area contributed by atoms with Gasteiger partial charge in [-0.25, -0.2) is 4.98 Å². The maximum Gasteiger partial charge on any atom is 0.226 e. The van der Waals surface area contributed by atoms with Crippen molar-refractivity contribution in [2.24, 2.45) is 4.99 Å². The Bertz CT molecular complexity index is 907. The summed E-state index contributed by atoms with van der Waals surface area (Å²) in [7, 11) is 3.40. The van der Waals surface area contributed by atoms with Gasteiger partial charge in [-0.2, -0.15) is 0 Å². The summed E-state index contributed by atoms with van der Waals surface area (Å²) in [5, 5.41) is 6.52. The molecule has 0 fully saturated rings. The third kappa shape index (κ3) is 5.72. The number of halogens is 1. The van der Waals surface area contributed by atoms with Crippen LogP contribution in [0.1, 0.15) is 16.8 Å². The lowest BCUT2D eigenvalue weighted by molar-refractivity contribution is 0.409. The molecule has 0 radical (unpaired) electrons. The van der Waals surface area contributed by atoms with E-state index in [1.807, 2.05) is 48.5 Å². The highest BCUT2D eigenvalue weighted by molar-refractivity contribution is 14.0. The van der Waals surface area contributed by atoms with Crippen LogP contribution < -0.4 is 15.4 Å². The van der Waals surface area contributed by atoms with Crippen molar-refractivity contribution < 1.29 is 9.15 Å². The van der Waals surface area contributed by atoms with Gasteiger partial charge in [0, 0.05) is 24.7 Å². The summed E-state index contributed by atoms with van der Waals surface area (Å²) in [6.45, 7) is 3.18. The molecule has 2 aromatic carbocycles. The molecule has 3 rings (SSSR count). The summed E-state index contributed by atoms with van der Waals surface area (Å²) in [5.41, 5.74) is 4.04. The number of para-hydroxylation sites is 1. The van der Waals surface area contributed by atoms with Crippen molar-refractivity contribution in [3.63, 3.8) is 0 Å². The Morgan fingerprint density at radius 1 is 1.07 bits per heavy atom. The summed E-state index contributed by atoms with van der Waals surface area (Å²) >= 11 is 0. The zero-order valence-corrected chi connectivity index (χ0v) is 18.6. The Labute approximate surface area is 182 Å². The number of benzene rings is 2. The molecule has 2 N–H and O–H groups in total. The van der Waals surface area contributed by atoms with Crippen LogP contribution in [-0.2, 0) is 13.1 Å². The van der Waals surface area contributed by atoms with Gasteiger partial charge < -0.3 is 19.8 Å². The SMILES string of the molecule is CN=C(NCc1coc(-c2ccc(C)cc2)n1)NCc1ccccc1OC.I. The van der Waals surface area contributed by atoms with Crippen molar-refractivity contribution >= 4 is 29.9 Å². The smallest absolute Gasteiger partial charge is 0.226 e. The normalized spacial score (nSPS) is 10.9. The van der Waals surface area contributed by atoms with Crippen LogP contribution in [0, 0.1) is 6.92 Å². The van der Waals surface area contributed by atoms with E-state index >= 15 is 0 Å². The fraction of sp³-hybridized carbons (Fsp3) is 0.238. The molecule has 28 heavy (non-hydrogen) atoms. The first-order chi connectivity index (χ1) is 13.2. The molecule has 0 unspecified atom stereocenters. The van der Waals surface area contributed by atoms with E-state index in [4.69, 9.17) is 9.15 Å². The van der Waals surface area contributed by atoms with Crippen molar-refractivity contribution in [3.05, 3.63) is 71.6 Å². The van der Waals surface area contributed by atoms with Crippen LogP contribution in [0.15, 0.2) is 64.2 Å². The summed E-state index contributed by atoms with van der Waals surface area (Å²) < 4.78 is 11.0. The molecule has 0 saturated heterocycles. The number of rotatable bonds is 6. The maximum absolute atomic E-state index is 5.59. The Morgan fingerprint density at radius 2 is 1.79 bits per heavy atom. The molecule has 0 saturated carbocycles. The number of aromatic nitrogens is 1. The topological polar surface area (TPSA) is 71.7 Å². The maximum atomic E-state index is 5.59. The fourth-order valence-electron chi connectivity index (χ4n) is 2.64. The predicted molar refractivity (Wildman–Crippen MR) is 122 cm³/mol. The van der Waals surface area contributed by atoms with Crippen LogP contribution in [-0.4, -0.2) is 25.1 Å². The van der Waals surface area contributed by atoms with Gasteiger partial charge in [0.15, 0.2) is 5.96 Å². The largest absolute Gasteiger partial charge is 0.496 e. The molecule has 1 aromatic heterocycles. The molecule has 3 aromatic rings. The van der Waals surface area contributed by atoms with Crippen LogP contribution >= 0.6 is 24.0 Å². The van der Waals surface area contributed by atoms with E-state index in [9.17, 15) is 0 Å². The quantitative estimate of drug-likeness (QED) is 0.308. The van der Waals surface area contributed by atoms with E-state index in [2.05, 4.69) is 27.5 Å². The standard InChI is InChI=1S/C21H24N4O2.HI/c1-15-8-10-16(11-9-15)20-25-18(14-27-20)13-24-21(22-2)23-12-17-6-4-5-7-19(17)26-3;/h4-11,14H,12-13H2,1-3H3,(H2,22,23,24);1H. The van der Waals surface area contributed by atoms with Gasteiger partial charge in [0.1, 0.15) is 12.0 Å². The van der Waals surface area contributed by atoms with E-state index in [0.29, 0.717) is 24.9 Å². The van der Waals surface area contributed by atoms with Crippen LogP contribution in [0.25, 0.3) is 11.5 Å². The van der Waals surface area contributed by atoms with E-state index in [0.717, 1.165) is 22.6 Å². The highest BCUT2D eigenvalue weighted by atomic mass is 127. The molecule has 0 aliphatic carbocycles. The minimum absolute atomic E-state index is 0. The van der Waals surface area contributed by atoms with Crippen LogP contribution in [0.2, 0.25) is 0 Å². The van der Waals surface area contributed by atoms with E-state index in [1.165, 1.54) is 5.56 Å². The number of nitrogens with zero attached hydrogens (tertiary/aromatic N) is 2. The van der Waals surface area contributed by atoms with Crippen LogP contribution in [0.3, 0.4) is 0 Å². The molecular weight excluding hydrogens is 467 g/mol. The van der Waals surface area contributed by atoms with Gasteiger partial charge in [0.2, 0.25) is 5.89 Å². The van der Waals surface area contributed by atoms with Crippen LogP contribution in [0.4, 0.5) is 0 Å². The highest BCUT2D eigenvalue weighted by Crippen LogP contribution is 2.19. The number of oxazole rings is 1. The van der Waals surface area contributed by atoms with Gasteiger partial charge >= 0.3 is 0 Å². The minimum atomic E-state index is 0. The molecular formula is C21H25IN4O2. The number of nitrogens with one attached hydrogen (secondary N) is 2. The molecule has 7 heteroatoms. The first-order valence-corrected chi connectivity index (χ1v) is 8.77. The van der Waals surface area contributed by atoms with E-state index in [1.54, 1.807) is 20.4 Å². The number of guanidine groups is 1. The third-order valence-corrected chi connectivity index (χ3v) is 4.15. The van der Waals surface area contributed by atoms with Crippen molar-refractivity contribution in [1.29, 1.82) is 0 Å². The summed E-state index contributed by atoms with van der Waals surface area (Å²) in [6, 6.07) is 16.0. The van der Waals surface area contributed by atoms with Crippen molar-refractivity contribution in [1.82, 2.24) is 15.6 Å². The summed E-state index contributed by atoms with van der Waals surface area (Å²) in [6.07, 6.45) is 1.66. The highest BCUT2D eigenvalue weighted by Gasteiger charge is 2.08. The summed E-state index contributed by atoms with van der Waals surface area (Å²) in [4.78, 5) is 8.77. The van der Waals surface area contributed by atoms with Gasteiger partial charge in [-0.1, -0.05) is 35.9 Å². The lowest BCUT2D eigenvalue weighted by Gasteiger charge is -2.13. The number of hydrogen-bond acceptors (Lipinski definition) is 4. The van der Waals surface area contributed by atoms with Crippen molar-refractivity contribution in [2.75, 3.05) is 14.2 Å². The zero-order chi connectivity index (χ0) is 19.1. The summed E-state index contributed by atoms with van der Waals surface area (Å²) in [5.74, 6) is 2.14. The first kappa shape index (κ1) is 21.7. The molecule has 0 aliphatic rings. The fourth-order valence-corrected chi connectivity index (χ4v) is 2.64. The second-order valence-electron chi connectivity index (χ2n) is 6.10. The first-order valence-electron chi connectivity index (χ1n) is 8.77. The minimum Gasteiger partial charge on any atom is -0.496 e. The van der Waals surface area contributed by atoms with Gasteiger partial charge in [-0.05, 0) is 25.1 Å². The second-order valence-corrected chi connectivity index (χ2v) is 6.10. The van der Waals surface area contributed by atoms with Crippen LogP contribution in [0.5, 0.6) is 5.75 Å². The molecule has 0 spiro atoms. The molecule has 0 aliphatic heterocycles. The van der Waals surface area contributed by atoms with Gasteiger partial charge in [-0.3, -0.25) is 4.99 Å². The number of ether oxygens (including phenoxy) is 1. The molecule has 6 nitrogen and oxygen atoms in total. The average molecular weight is 492 g/mol. The number of aliphatic imine (C=N–C) groups is 1.